The summed E-state index contributed by atoms with van der Waals surface area (Å²) in [5, 5.41) is 10.8. The number of benzene rings is 1. The van der Waals surface area contributed by atoms with E-state index in [-0.39, 0.29) is 11.8 Å². The number of amides is 1. The van der Waals surface area contributed by atoms with E-state index in [1.807, 2.05) is 26.0 Å². The second-order valence-corrected chi connectivity index (χ2v) is 5.11. The molecule has 0 saturated heterocycles. The van der Waals surface area contributed by atoms with Crippen molar-refractivity contribution in [1.29, 1.82) is 5.41 Å². The average molecular weight is 260 g/mol. The zero-order chi connectivity index (χ0) is 14.3. The summed E-state index contributed by atoms with van der Waals surface area (Å²) >= 11 is 0. The molecule has 0 spiro atoms. The van der Waals surface area contributed by atoms with Crippen LogP contribution in [-0.4, -0.2) is 18.2 Å². The molecule has 0 bridgehead atoms. The van der Waals surface area contributed by atoms with Gasteiger partial charge in [0, 0.05) is 17.8 Å². The second-order valence-electron chi connectivity index (χ2n) is 5.11. The van der Waals surface area contributed by atoms with Crippen LogP contribution in [0.3, 0.4) is 0 Å². The molecule has 0 aromatic heterocycles. The standard InChI is InChI=1S/C16H24N2O/c1-4-5-6-11-18-16(19)14-9-7-13(8-10-14)15(17)12(2)3/h7-10,12,17H,4-6,11H2,1-3H3,(H,18,19). The summed E-state index contributed by atoms with van der Waals surface area (Å²) in [6.45, 7) is 6.87. The van der Waals surface area contributed by atoms with Gasteiger partial charge in [-0.2, -0.15) is 0 Å². The molecule has 0 atom stereocenters. The third kappa shape index (κ3) is 4.86. The summed E-state index contributed by atoms with van der Waals surface area (Å²) in [6, 6.07) is 7.29. The predicted molar refractivity (Wildman–Crippen MR) is 80.0 cm³/mol. The third-order valence-electron chi connectivity index (χ3n) is 3.10. The lowest BCUT2D eigenvalue weighted by Crippen LogP contribution is -2.24. The Morgan fingerprint density at radius 1 is 1.16 bits per heavy atom. The van der Waals surface area contributed by atoms with Gasteiger partial charge < -0.3 is 10.7 Å². The van der Waals surface area contributed by atoms with E-state index in [1.54, 1.807) is 12.1 Å². The Kier molecular flexibility index (Phi) is 6.26. The van der Waals surface area contributed by atoms with Gasteiger partial charge in [-0.15, -0.1) is 0 Å². The topological polar surface area (TPSA) is 53.0 Å². The van der Waals surface area contributed by atoms with Crippen molar-refractivity contribution in [3.8, 4) is 0 Å². The van der Waals surface area contributed by atoms with Crippen molar-refractivity contribution in [3.05, 3.63) is 35.4 Å². The highest BCUT2D eigenvalue weighted by molar-refractivity contribution is 6.01. The second kappa shape index (κ2) is 7.72. The average Bonchev–Trinajstić information content (AvgIpc) is 2.42. The summed E-state index contributed by atoms with van der Waals surface area (Å²) < 4.78 is 0. The number of hydrogen-bond acceptors (Lipinski definition) is 2. The van der Waals surface area contributed by atoms with Crippen molar-refractivity contribution in [1.82, 2.24) is 5.32 Å². The molecule has 0 aliphatic rings. The lowest BCUT2D eigenvalue weighted by molar-refractivity contribution is 0.0953. The van der Waals surface area contributed by atoms with Gasteiger partial charge in [0.25, 0.3) is 5.91 Å². The molecule has 0 heterocycles. The first-order valence-corrected chi connectivity index (χ1v) is 7.03. The molecule has 3 heteroatoms. The number of hydrogen-bond donors (Lipinski definition) is 2. The minimum absolute atomic E-state index is 0.0290. The van der Waals surface area contributed by atoms with Gasteiger partial charge in [0.05, 0.1) is 0 Å². The zero-order valence-electron chi connectivity index (χ0n) is 12.1. The van der Waals surface area contributed by atoms with Gasteiger partial charge in [0.2, 0.25) is 0 Å². The van der Waals surface area contributed by atoms with Crippen molar-refractivity contribution < 1.29 is 4.79 Å². The van der Waals surface area contributed by atoms with Gasteiger partial charge in [0.1, 0.15) is 0 Å². The molecule has 19 heavy (non-hydrogen) atoms. The molecular formula is C16H24N2O. The summed E-state index contributed by atoms with van der Waals surface area (Å²) in [5.74, 6) is 0.174. The van der Waals surface area contributed by atoms with Gasteiger partial charge in [-0.05, 0) is 30.0 Å². The Labute approximate surface area is 115 Å². The fourth-order valence-electron chi connectivity index (χ4n) is 1.81. The molecule has 0 radical (unpaired) electrons. The molecule has 104 valence electrons. The van der Waals surface area contributed by atoms with Crippen LogP contribution in [0.2, 0.25) is 0 Å². The lowest BCUT2D eigenvalue weighted by atomic mass is 9.99. The molecule has 0 saturated carbocycles. The number of carbonyl (C=O) groups is 1. The minimum Gasteiger partial charge on any atom is -0.352 e. The van der Waals surface area contributed by atoms with E-state index in [1.165, 1.54) is 0 Å². The van der Waals surface area contributed by atoms with Crippen molar-refractivity contribution >= 4 is 11.6 Å². The number of unbranched alkanes of at least 4 members (excludes halogenated alkanes) is 2. The molecule has 2 N–H and O–H groups in total. The Morgan fingerprint density at radius 3 is 2.26 bits per heavy atom. The quantitative estimate of drug-likeness (QED) is 0.571. The zero-order valence-corrected chi connectivity index (χ0v) is 12.1. The number of carbonyl (C=O) groups excluding carboxylic acids is 1. The number of rotatable bonds is 7. The maximum absolute atomic E-state index is 11.9. The maximum atomic E-state index is 11.9. The SMILES string of the molecule is CCCCCNC(=O)c1ccc(C(=N)C(C)C)cc1. The Bertz CT molecular complexity index is 421. The first kappa shape index (κ1) is 15.4. The van der Waals surface area contributed by atoms with Gasteiger partial charge in [-0.25, -0.2) is 0 Å². The normalized spacial score (nSPS) is 10.5. The van der Waals surface area contributed by atoms with Crippen LogP contribution in [0.15, 0.2) is 24.3 Å². The molecular weight excluding hydrogens is 236 g/mol. The van der Waals surface area contributed by atoms with E-state index in [0.717, 1.165) is 31.4 Å². The first-order chi connectivity index (χ1) is 9.06. The molecule has 0 aliphatic heterocycles. The van der Waals surface area contributed by atoms with Gasteiger partial charge in [-0.1, -0.05) is 45.7 Å². The van der Waals surface area contributed by atoms with E-state index < -0.39 is 0 Å². The fourth-order valence-corrected chi connectivity index (χ4v) is 1.81. The molecule has 1 rings (SSSR count). The van der Waals surface area contributed by atoms with Crippen LogP contribution in [0.4, 0.5) is 0 Å². The van der Waals surface area contributed by atoms with Crippen molar-refractivity contribution in [2.45, 2.75) is 40.0 Å². The van der Waals surface area contributed by atoms with E-state index in [4.69, 9.17) is 5.41 Å². The summed E-state index contributed by atoms with van der Waals surface area (Å²) in [5.41, 5.74) is 2.16. The van der Waals surface area contributed by atoms with E-state index >= 15 is 0 Å². The lowest BCUT2D eigenvalue weighted by Gasteiger charge is -2.09. The van der Waals surface area contributed by atoms with Crippen molar-refractivity contribution in [2.24, 2.45) is 5.92 Å². The minimum atomic E-state index is -0.0290. The largest absolute Gasteiger partial charge is 0.352 e. The predicted octanol–water partition coefficient (Wildman–Crippen LogP) is 3.63. The van der Waals surface area contributed by atoms with Crippen LogP contribution in [0.1, 0.15) is 56.0 Å². The van der Waals surface area contributed by atoms with Gasteiger partial charge >= 0.3 is 0 Å². The highest BCUT2D eigenvalue weighted by atomic mass is 16.1. The molecule has 1 aromatic carbocycles. The molecule has 1 aromatic rings. The number of nitrogens with one attached hydrogen (secondary N) is 2. The van der Waals surface area contributed by atoms with Crippen LogP contribution in [0, 0.1) is 11.3 Å². The Hall–Kier alpha value is -1.64. The fraction of sp³-hybridized carbons (Fsp3) is 0.500. The summed E-state index contributed by atoms with van der Waals surface area (Å²) in [6.07, 6.45) is 3.32. The van der Waals surface area contributed by atoms with Crippen molar-refractivity contribution in [3.63, 3.8) is 0 Å². The molecule has 0 fully saturated rings. The van der Waals surface area contributed by atoms with E-state index in [2.05, 4.69) is 12.2 Å². The summed E-state index contributed by atoms with van der Waals surface area (Å²) in [4.78, 5) is 11.9. The molecule has 0 aliphatic carbocycles. The smallest absolute Gasteiger partial charge is 0.251 e. The van der Waals surface area contributed by atoms with Crippen LogP contribution in [-0.2, 0) is 0 Å². The third-order valence-corrected chi connectivity index (χ3v) is 3.10. The highest BCUT2D eigenvalue weighted by Gasteiger charge is 2.08. The highest BCUT2D eigenvalue weighted by Crippen LogP contribution is 2.10. The Morgan fingerprint density at radius 2 is 1.74 bits per heavy atom. The van der Waals surface area contributed by atoms with Gasteiger partial charge in [-0.3, -0.25) is 4.79 Å². The maximum Gasteiger partial charge on any atom is 0.251 e. The summed E-state index contributed by atoms with van der Waals surface area (Å²) in [7, 11) is 0. The van der Waals surface area contributed by atoms with Crippen LogP contribution >= 0.6 is 0 Å². The first-order valence-electron chi connectivity index (χ1n) is 7.03. The molecule has 1 amide bonds. The van der Waals surface area contributed by atoms with Crippen LogP contribution in [0.5, 0.6) is 0 Å². The van der Waals surface area contributed by atoms with Crippen LogP contribution in [0.25, 0.3) is 0 Å². The monoisotopic (exact) mass is 260 g/mol. The molecule has 0 unspecified atom stereocenters. The molecule has 3 nitrogen and oxygen atoms in total. The Balaban J connectivity index is 2.56. The van der Waals surface area contributed by atoms with E-state index in [9.17, 15) is 4.79 Å². The van der Waals surface area contributed by atoms with Gasteiger partial charge in [0.15, 0.2) is 0 Å². The van der Waals surface area contributed by atoms with Crippen LogP contribution < -0.4 is 5.32 Å². The van der Waals surface area contributed by atoms with Crippen molar-refractivity contribution in [2.75, 3.05) is 6.54 Å². The van der Waals surface area contributed by atoms with E-state index in [0.29, 0.717) is 11.3 Å².